The number of alkyl halides is 1. The molecule has 56 valence electrons. The average Bonchev–Trinajstić information content (AvgIpc) is 1.84. The Morgan fingerprint density at radius 1 is 1.56 bits per heavy atom. The zero-order valence-electron chi connectivity index (χ0n) is 5.60. The first-order chi connectivity index (χ1) is 4.12. The van der Waals surface area contributed by atoms with Crippen LogP contribution in [0.25, 0.3) is 0 Å². The van der Waals surface area contributed by atoms with E-state index < -0.39 is 12.3 Å². The summed E-state index contributed by atoms with van der Waals surface area (Å²) in [6, 6.07) is 0. The molecule has 0 aliphatic carbocycles. The highest BCUT2D eigenvalue weighted by Gasteiger charge is 2.18. The van der Waals surface area contributed by atoms with Gasteiger partial charge in [0.2, 0.25) is 0 Å². The normalized spacial score (nSPS) is 17.3. The molecule has 0 saturated heterocycles. The third kappa shape index (κ3) is 4.36. The van der Waals surface area contributed by atoms with Crippen LogP contribution < -0.4 is 0 Å². The molecule has 0 aliphatic rings. The van der Waals surface area contributed by atoms with Crippen LogP contribution in [0.4, 0.5) is 4.39 Å². The molecule has 0 saturated carbocycles. The minimum atomic E-state index is -1.23. The summed E-state index contributed by atoms with van der Waals surface area (Å²) in [5, 5.41) is 17.3. The Hall–Kier alpha value is -0.150. The zero-order chi connectivity index (χ0) is 7.33. The first kappa shape index (κ1) is 8.85. The molecule has 9 heavy (non-hydrogen) atoms. The van der Waals surface area contributed by atoms with E-state index in [2.05, 4.69) is 0 Å². The summed E-state index contributed by atoms with van der Waals surface area (Å²) in [7, 11) is 0. The van der Waals surface area contributed by atoms with Crippen molar-refractivity contribution in [1.29, 1.82) is 0 Å². The Morgan fingerprint density at radius 3 is 2.44 bits per heavy atom. The minimum absolute atomic E-state index is 0.0101. The van der Waals surface area contributed by atoms with Gasteiger partial charge < -0.3 is 10.2 Å². The van der Waals surface area contributed by atoms with Gasteiger partial charge in [0.15, 0.2) is 0 Å². The van der Waals surface area contributed by atoms with Crippen LogP contribution in [0.3, 0.4) is 0 Å². The van der Waals surface area contributed by atoms with E-state index in [1.165, 1.54) is 6.92 Å². The van der Waals surface area contributed by atoms with Gasteiger partial charge in [-0.3, -0.25) is 0 Å². The molecular weight excluding hydrogens is 123 g/mol. The van der Waals surface area contributed by atoms with E-state index in [0.717, 1.165) is 0 Å². The Labute approximate surface area is 54.3 Å². The van der Waals surface area contributed by atoms with E-state index in [1.54, 1.807) is 0 Å². The van der Waals surface area contributed by atoms with Crippen LogP contribution in [0.2, 0.25) is 0 Å². The van der Waals surface area contributed by atoms with E-state index in [1.807, 2.05) is 0 Å². The van der Waals surface area contributed by atoms with Crippen LogP contribution in [-0.2, 0) is 0 Å². The van der Waals surface area contributed by atoms with Gasteiger partial charge in [0.1, 0.15) is 6.67 Å². The summed E-state index contributed by atoms with van der Waals surface area (Å²) in [4.78, 5) is 0. The van der Waals surface area contributed by atoms with Crippen molar-refractivity contribution in [1.82, 2.24) is 0 Å². The molecule has 0 fully saturated rings. The van der Waals surface area contributed by atoms with E-state index >= 15 is 0 Å². The summed E-state index contributed by atoms with van der Waals surface area (Å²) in [6.45, 7) is 0.686. The van der Waals surface area contributed by atoms with Gasteiger partial charge in [0.25, 0.3) is 0 Å². The molecular formula is C6H13FO2. The molecule has 0 aromatic heterocycles. The maximum Gasteiger partial charge on any atom is 0.118 e. The molecule has 0 heterocycles. The SMILES string of the molecule is CC(O)(CF)CCCO. The number of aliphatic hydroxyl groups excluding tert-OH is 1. The number of halogens is 1. The predicted molar refractivity (Wildman–Crippen MR) is 32.9 cm³/mol. The largest absolute Gasteiger partial charge is 0.396 e. The smallest absolute Gasteiger partial charge is 0.118 e. The maximum atomic E-state index is 11.8. The molecule has 1 unspecified atom stereocenters. The van der Waals surface area contributed by atoms with Gasteiger partial charge in [-0.1, -0.05) is 0 Å². The van der Waals surface area contributed by atoms with Gasteiger partial charge in [0.05, 0.1) is 5.60 Å². The highest BCUT2D eigenvalue weighted by Crippen LogP contribution is 2.11. The predicted octanol–water partition coefficient (Wildman–Crippen LogP) is 0.479. The quantitative estimate of drug-likeness (QED) is 0.590. The molecule has 2 N–H and O–H groups in total. The Kier molecular flexibility index (Phi) is 3.73. The summed E-state index contributed by atoms with van der Waals surface area (Å²) in [5.41, 5.74) is -1.23. The minimum Gasteiger partial charge on any atom is -0.396 e. The van der Waals surface area contributed by atoms with Crippen LogP contribution in [0.1, 0.15) is 19.8 Å². The fourth-order valence-electron chi connectivity index (χ4n) is 0.527. The molecule has 0 radical (unpaired) electrons. The lowest BCUT2D eigenvalue weighted by Crippen LogP contribution is -2.26. The number of hydrogen-bond donors (Lipinski definition) is 2. The number of aliphatic hydroxyl groups is 2. The van der Waals surface area contributed by atoms with Crippen LogP contribution >= 0.6 is 0 Å². The summed E-state index contributed by atoms with van der Waals surface area (Å²) in [6.07, 6.45) is 0.775. The van der Waals surface area contributed by atoms with Crippen LogP contribution in [0, 0.1) is 0 Å². The second-order valence-corrected chi connectivity index (χ2v) is 2.46. The van der Waals surface area contributed by atoms with Crippen molar-refractivity contribution in [2.45, 2.75) is 25.4 Å². The van der Waals surface area contributed by atoms with Crippen molar-refractivity contribution in [3.05, 3.63) is 0 Å². The standard InChI is InChI=1S/C6H13FO2/c1-6(9,5-7)3-2-4-8/h8-9H,2-5H2,1H3. The Morgan fingerprint density at radius 2 is 2.11 bits per heavy atom. The highest BCUT2D eigenvalue weighted by atomic mass is 19.1. The van der Waals surface area contributed by atoms with Gasteiger partial charge >= 0.3 is 0 Å². The van der Waals surface area contributed by atoms with Gasteiger partial charge in [-0.05, 0) is 19.8 Å². The molecule has 0 aliphatic heterocycles. The maximum absolute atomic E-state index is 11.8. The molecule has 0 rings (SSSR count). The van der Waals surface area contributed by atoms with E-state index in [4.69, 9.17) is 10.2 Å². The molecule has 1 atom stereocenters. The summed E-state index contributed by atoms with van der Waals surface area (Å²) >= 11 is 0. The van der Waals surface area contributed by atoms with Crippen molar-refractivity contribution in [3.8, 4) is 0 Å². The van der Waals surface area contributed by atoms with E-state index in [0.29, 0.717) is 12.8 Å². The van der Waals surface area contributed by atoms with Crippen LogP contribution in [0.15, 0.2) is 0 Å². The lowest BCUT2D eigenvalue weighted by molar-refractivity contribution is 0.0196. The van der Waals surface area contributed by atoms with Crippen molar-refractivity contribution in [2.24, 2.45) is 0 Å². The summed E-state index contributed by atoms with van der Waals surface area (Å²) in [5.74, 6) is 0. The first-order valence-electron chi connectivity index (χ1n) is 3.01. The molecule has 0 bridgehead atoms. The second kappa shape index (κ2) is 3.80. The fourth-order valence-corrected chi connectivity index (χ4v) is 0.527. The Balaban J connectivity index is 3.33. The highest BCUT2D eigenvalue weighted by molar-refractivity contribution is 4.69. The summed E-state index contributed by atoms with van der Waals surface area (Å²) < 4.78 is 11.8. The number of rotatable bonds is 4. The molecule has 2 nitrogen and oxygen atoms in total. The molecule has 0 aromatic rings. The fraction of sp³-hybridized carbons (Fsp3) is 1.00. The Bertz CT molecular complexity index is 73.5. The molecule has 0 aromatic carbocycles. The van der Waals surface area contributed by atoms with Gasteiger partial charge in [0, 0.05) is 6.61 Å². The zero-order valence-corrected chi connectivity index (χ0v) is 5.60. The lowest BCUT2D eigenvalue weighted by Gasteiger charge is -2.17. The lowest BCUT2D eigenvalue weighted by atomic mass is 10.0. The van der Waals surface area contributed by atoms with Crippen molar-refractivity contribution in [3.63, 3.8) is 0 Å². The van der Waals surface area contributed by atoms with E-state index in [-0.39, 0.29) is 6.61 Å². The van der Waals surface area contributed by atoms with Gasteiger partial charge in [-0.15, -0.1) is 0 Å². The second-order valence-electron chi connectivity index (χ2n) is 2.46. The number of hydrogen-bond acceptors (Lipinski definition) is 2. The van der Waals surface area contributed by atoms with Gasteiger partial charge in [-0.2, -0.15) is 0 Å². The topological polar surface area (TPSA) is 40.5 Å². The average molecular weight is 136 g/mol. The van der Waals surface area contributed by atoms with Crippen molar-refractivity contribution in [2.75, 3.05) is 13.3 Å². The van der Waals surface area contributed by atoms with Crippen LogP contribution in [0.5, 0.6) is 0 Å². The monoisotopic (exact) mass is 136 g/mol. The van der Waals surface area contributed by atoms with Gasteiger partial charge in [-0.25, -0.2) is 4.39 Å². The molecule has 3 heteroatoms. The third-order valence-corrected chi connectivity index (χ3v) is 1.16. The molecule has 0 amide bonds. The van der Waals surface area contributed by atoms with Crippen molar-refractivity contribution >= 4 is 0 Å². The third-order valence-electron chi connectivity index (χ3n) is 1.16. The molecule has 0 spiro atoms. The van der Waals surface area contributed by atoms with Crippen LogP contribution in [-0.4, -0.2) is 29.1 Å². The van der Waals surface area contributed by atoms with Crippen molar-refractivity contribution < 1.29 is 14.6 Å². The van der Waals surface area contributed by atoms with E-state index in [9.17, 15) is 4.39 Å². The first-order valence-corrected chi connectivity index (χ1v) is 3.01.